The molecule has 0 radical (unpaired) electrons. The van der Waals surface area contributed by atoms with Crippen LogP contribution in [0.2, 0.25) is 0 Å². The van der Waals surface area contributed by atoms with E-state index in [1.165, 1.54) is 8.99 Å². The summed E-state index contributed by atoms with van der Waals surface area (Å²) in [5.41, 5.74) is 4.10. The fraction of sp³-hybridized carbons (Fsp3) is 0.194. The molecule has 0 amide bonds. The van der Waals surface area contributed by atoms with Gasteiger partial charge in [0.05, 0.1) is 22.8 Å². The summed E-state index contributed by atoms with van der Waals surface area (Å²) in [6, 6.07) is 26.7. The summed E-state index contributed by atoms with van der Waals surface area (Å²) in [6.45, 7) is 7.37. The second-order valence-electron chi connectivity index (χ2n) is 9.79. The first-order chi connectivity index (χ1) is 18.1. The second kappa shape index (κ2) is 9.65. The lowest BCUT2D eigenvalue weighted by Crippen LogP contribution is -2.35. The molecule has 0 spiro atoms. The van der Waals surface area contributed by atoms with Crippen LogP contribution < -0.4 is 9.86 Å². The van der Waals surface area contributed by atoms with Crippen LogP contribution >= 0.6 is 0 Å². The molecule has 0 bridgehead atoms. The summed E-state index contributed by atoms with van der Waals surface area (Å²) in [6.07, 6.45) is 0. The molecule has 0 aliphatic heterocycles. The van der Waals surface area contributed by atoms with Gasteiger partial charge in [-0.15, -0.1) is 0 Å². The number of nitrogens with zero attached hydrogens (tertiary/aromatic N) is 3. The van der Waals surface area contributed by atoms with Gasteiger partial charge in [0.15, 0.2) is 0 Å². The van der Waals surface area contributed by atoms with Crippen LogP contribution in [0.4, 0.5) is 5.69 Å². The number of rotatable bonds is 6. The normalized spacial score (nSPS) is 11.7. The molecule has 5 rings (SSSR count). The Kier molecular flexibility index (Phi) is 6.49. The van der Waals surface area contributed by atoms with E-state index in [0.29, 0.717) is 22.5 Å². The number of benzene rings is 4. The molecule has 4 aromatic carbocycles. The third-order valence-electron chi connectivity index (χ3n) is 7.12. The highest BCUT2D eigenvalue weighted by Crippen LogP contribution is 2.32. The molecule has 0 unspecified atom stereocenters. The fourth-order valence-corrected chi connectivity index (χ4v) is 7.31. The van der Waals surface area contributed by atoms with Crippen molar-refractivity contribution in [2.24, 2.45) is 7.05 Å². The Balaban J connectivity index is 1.80. The van der Waals surface area contributed by atoms with Crippen molar-refractivity contribution in [1.82, 2.24) is 9.36 Å². The zero-order valence-electron chi connectivity index (χ0n) is 22.3. The maximum Gasteiger partial charge on any atom is 0.296 e. The number of aryl methyl sites for hydroxylation is 3. The molecule has 1 heterocycles. The van der Waals surface area contributed by atoms with Crippen LogP contribution in [0.5, 0.6) is 0 Å². The minimum Gasteiger partial charge on any atom is -0.283 e. The second-order valence-corrected chi connectivity index (χ2v) is 11.6. The first-order valence-electron chi connectivity index (χ1n) is 12.5. The van der Waals surface area contributed by atoms with E-state index < -0.39 is 10.0 Å². The third-order valence-corrected chi connectivity index (χ3v) is 9.17. The van der Waals surface area contributed by atoms with Crippen molar-refractivity contribution in [1.29, 1.82) is 0 Å². The molecule has 5 aromatic rings. The van der Waals surface area contributed by atoms with Crippen LogP contribution in [0.1, 0.15) is 27.9 Å². The zero-order valence-corrected chi connectivity index (χ0v) is 23.1. The van der Waals surface area contributed by atoms with Gasteiger partial charge < -0.3 is 0 Å². The van der Waals surface area contributed by atoms with Gasteiger partial charge in [-0.25, -0.2) is 13.1 Å². The van der Waals surface area contributed by atoms with E-state index in [9.17, 15) is 13.2 Å². The predicted octanol–water partition coefficient (Wildman–Crippen LogP) is 5.96. The third kappa shape index (κ3) is 4.23. The number of hydrogen-bond donors (Lipinski definition) is 0. The van der Waals surface area contributed by atoms with Crippen molar-refractivity contribution < 1.29 is 8.42 Å². The minimum atomic E-state index is -4.12. The van der Waals surface area contributed by atoms with E-state index >= 15 is 0 Å². The SMILES string of the molecule is Cc1cc(C)c(S(=O)(=O)N(Cc2cccc3ccccc23)c2c(C)n(C)n(-c3ccccc3)c2=O)c(C)c1. The molecule has 38 heavy (non-hydrogen) atoms. The summed E-state index contributed by atoms with van der Waals surface area (Å²) < 4.78 is 33.6. The molecule has 0 fully saturated rings. The van der Waals surface area contributed by atoms with Gasteiger partial charge in [0, 0.05) is 7.05 Å². The van der Waals surface area contributed by atoms with E-state index in [1.807, 2.05) is 106 Å². The van der Waals surface area contributed by atoms with Crippen molar-refractivity contribution in [3.05, 3.63) is 123 Å². The van der Waals surface area contributed by atoms with Crippen molar-refractivity contribution in [2.45, 2.75) is 39.1 Å². The molecule has 0 saturated heterocycles. The van der Waals surface area contributed by atoms with Crippen LogP contribution in [0.15, 0.2) is 94.6 Å². The summed E-state index contributed by atoms with van der Waals surface area (Å²) >= 11 is 0. The highest BCUT2D eigenvalue weighted by Gasteiger charge is 2.34. The van der Waals surface area contributed by atoms with Crippen LogP contribution in [0.25, 0.3) is 16.5 Å². The molecule has 0 N–H and O–H groups in total. The van der Waals surface area contributed by atoms with E-state index in [4.69, 9.17) is 0 Å². The number of aromatic nitrogens is 2. The maximum absolute atomic E-state index is 14.6. The Labute approximate surface area is 223 Å². The lowest BCUT2D eigenvalue weighted by atomic mass is 10.0. The van der Waals surface area contributed by atoms with Gasteiger partial charge in [-0.2, -0.15) is 0 Å². The lowest BCUT2D eigenvalue weighted by molar-refractivity contribution is 0.589. The van der Waals surface area contributed by atoms with E-state index in [1.54, 1.807) is 18.7 Å². The fourth-order valence-electron chi connectivity index (χ4n) is 5.39. The van der Waals surface area contributed by atoms with Crippen LogP contribution in [-0.2, 0) is 23.6 Å². The average Bonchev–Trinajstić information content (AvgIpc) is 3.09. The smallest absolute Gasteiger partial charge is 0.283 e. The predicted molar refractivity (Wildman–Crippen MR) is 154 cm³/mol. The summed E-state index contributed by atoms with van der Waals surface area (Å²) in [5, 5.41) is 1.96. The Hall–Kier alpha value is -4.10. The van der Waals surface area contributed by atoms with Gasteiger partial charge >= 0.3 is 0 Å². The average molecular weight is 526 g/mol. The van der Waals surface area contributed by atoms with E-state index in [0.717, 1.165) is 21.9 Å². The molecule has 6 nitrogen and oxygen atoms in total. The molecular formula is C31H31N3O3S. The molecule has 0 atom stereocenters. The number of hydrogen-bond acceptors (Lipinski definition) is 3. The monoisotopic (exact) mass is 525 g/mol. The molecule has 7 heteroatoms. The zero-order chi connectivity index (χ0) is 27.2. The Morgan fingerprint density at radius 3 is 2.08 bits per heavy atom. The number of anilines is 1. The molecule has 0 aliphatic rings. The van der Waals surface area contributed by atoms with Crippen LogP contribution in [-0.4, -0.2) is 17.8 Å². The maximum atomic E-state index is 14.6. The Bertz CT molecular complexity index is 1810. The van der Waals surface area contributed by atoms with Crippen LogP contribution in [0.3, 0.4) is 0 Å². The molecule has 1 aromatic heterocycles. The molecule has 0 saturated carbocycles. The minimum absolute atomic E-state index is 0.0192. The standard InChI is InChI=1S/C31H31N3O3S/c1-21-18-22(2)30(23(3)19-21)38(36,37)33(20-26-14-11-13-25-12-9-10-17-28(25)26)29-24(4)32(5)34(31(29)35)27-15-7-6-8-16-27/h6-19H,20H2,1-5H3. The van der Waals surface area contributed by atoms with Crippen LogP contribution in [0, 0.1) is 27.7 Å². The highest BCUT2D eigenvalue weighted by atomic mass is 32.2. The quantitative estimate of drug-likeness (QED) is 0.275. The van der Waals surface area contributed by atoms with Crippen molar-refractivity contribution in [3.8, 4) is 5.69 Å². The van der Waals surface area contributed by atoms with E-state index in [-0.39, 0.29) is 22.7 Å². The van der Waals surface area contributed by atoms with Gasteiger partial charge in [-0.05, 0) is 67.3 Å². The number of sulfonamides is 1. The summed E-state index contributed by atoms with van der Waals surface area (Å²) in [4.78, 5) is 14.3. The number of fused-ring (bicyclic) bond motifs is 1. The van der Waals surface area contributed by atoms with Gasteiger partial charge in [0.25, 0.3) is 15.6 Å². The summed E-state index contributed by atoms with van der Waals surface area (Å²) in [7, 11) is -2.35. The Morgan fingerprint density at radius 1 is 0.789 bits per heavy atom. The van der Waals surface area contributed by atoms with Gasteiger partial charge in [-0.3, -0.25) is 13.8 Å². The van der Waals surface area contributed by atoms with Crippen molar-refractivity contribution in [3.63, 3.8) is 0 Å². The first kappa shape index (κ1) is 25.5. The Morgan fingerprint density at radius 2 is 1.39 bits per heavy atom. The van der Waals surface area contributed by atoms with Gasteiger partial charge in [-0.1, -0.05) is 78.4 Å². The van der Waals surface area contributed by atoms with Gasteiger partial charge in [0.2, 0.25) is 0 Å². The summed E-state index contributed by atoms with van der Waals surface area (Å²) in [5.74, 6) is 0. The highest BCUT2D eigenvalue weighted by molar-refractivity contribution is 7.93. The van der Waals surface area contributed by atoms with Crippen molar-refractivity contribution in [2.75, 3.05) is 4.31 Å². The topological polar surface area (TPSA) is 64.3 Å². The van der Waals surface area contributed by atoms with Gasteiger partial charge in [0.1, 0.15) is 5.69 Å². The lowest BCUT2D eigenvalue weighted by Gasteiger charge is -2.26. The number of para-hydroxylation sites is 1. The van der Waals surface area contributed by atoms with Crippen molar-refractivity contribution >= 4 is 26.5 Å². The van der Waals surface area contributed by atoms with E-state index in [2.05, 4.69) is 0 Å². The molecule has 0 aliphatic carbocycles. The largest absolute Gasteiger partial charge is 0.296 e. The molecular weight excluding hydrogens is 494 g/mol. The molecule has 194 valence electrons. The first-order valence-corrected chi connectivity index (χ1v) is 14.0.